The van der Waals surface area contributed by atoms with Gasteiger partial charge in [0.2, 0.25) is 5.91 Å². The molecule has 0 aliphatic rings. The Morgan fingerprint density at radius 3 is 2.45 bits per heavy atom. The number of thiophene rings is 1. The Balaban J connectivity index is 1.42. The number of halogens is 1. The van der Waals surface area contributed by atoms with E-state index in [1.54, 1.807) is 41.8 Å². The number of amides is 3. The van der Waals surface area contributed by atoms with Crippen molar-refractivity contribution in [2.45, 2.75) is 6.42 Å². The minimum absolute atomic E-state index is 0.0184. The molecule has 3 N–H and O–H groups in total. The normalized spacial score (nSPS) is 10.6. The summed E-state index contributed by atoms with van der Waals surface area (Å²) < 4.78 is 0. The Kier molecular flexibility index (Phi) is 6.97. The number of nitrogens with one attached hydrogen (secondary N) is 3. The summed E-state index contributed by atoms with van der Waals surface area (Å²) in [7, 11) is 0. The highest BCUT2D eigenvalue weighted by Crippen LogP contribution is 2.25. The van der Waals surface area contributed by atoms with Crippen molar-refractivity contribution in [3.05, 3.63) is 87.6 Å². The Labute approximate surface area is 198 Å². The van der Waals surface area contributed by atoms with Gasteiger partial charge < -0.3 is 5.32 Å². The third kappa shape index (κ3) is 5.54. The summed E-state index contributed by atoms with van der Waals surface area (Å²) in [6.07, 6.45) is 0.0184. The molecule has 0 aliphatic carbocycles. The van der Waals surface area contributed by atoms with E-state index in [2.05, 4.69) is 21.2 Å². The molecule has 4 rings (SSSR count). The van der Waals surface area contributed by atoms with Crippen LogP contribution in [0.2, 0.25) is 5.02 Å². The van der Waals surface area contributed by atoms with Crippen molar-refractivity contribution >= 4 is 51.6 Å². The van der Waals surface area contributed by atoms with E-state index in [0.29, 0.717) is 32.1 Å². The van der Waals surface area contributed by atoms with Gasteiger partial charge in [0.1, 0.15) is 0 Å². The van der Waals surface area contributed by atoms with Crippen LogP contribution in [0.25, 0.3) is 22.2 Å². The Bertz CT molecular complexity index is 1310. The minimum Gasteiger partial charge on any atom is -0.351 e. The number of para-hydroxylation sites is 1. The summed E-state index contributed by atoms with van der Waals surface area (Å²) >= 11 is 7.30. The molecule has 166 valence electrons. The molecule has 9 heteroatoms. The van der Waals surface area contributed by atoms with E-state index in [9.17, 15) is 14.4 Å². The highest BCUT2D eigenvalue weighted by molar-refractivity contribution is 7.12. The molecule has 2 aromatic heterocycles. The largest absolute Gasteiger partial charge is 0.351 e. The molecule has 7 nitrogen and oxygen atoms in total. The van der Waals surface area contributed by atoms with E-state index in [0.717, 1.165) is 5.56 Å². The lowest BCUT2D eigenvalue weighted by atomic mass is 10.0. The second kappa shape index (κ2) is 10.2. The van der Waals surface area contributed by atoms with E-state index in [4.69, 9.17) is 11.6 Å². The zero-order valence-corrected chi connectivity index (χ0v) is 18.9. The van der Waals surface area contributed by atoms with Gasteiger partial charge in [0.05, 0.1) is 21.7 Å². The fourth-order valence-corrected chi connectivity index (χ4v) is 3.94. The summed E-state index contributed by atoms with van der Waals surface area (Å²) in [5, 5.41) is 5.73. The average Bonchev–Trinajstić information content (AvgIpc) is 3.37. The van der Waals surface area contributed by atoms with Crippen molar-refractivity contribution < 1.29 is 14.4 Å². The van der Waals surface area contributed by atoms with E-state index >= 15 is 0 Å². The average molecular weight is 479 g/mol. The monoisotopic (exact) mass is 478 g/mol. The van der Waals surface area contributed by atoms with Crippen LogP contribution < -0.4 is 16.2 Å². The molecule has 0 spiro atoms. The number of hydrogen-bond acceptors (Lipinski definition) is 5. The van der Waals surface area contributed by atoms with E-state index in [-0.39, 0.29) is 18.9 Å². The number of carbonyl (C=O) groups excluding carboxylic acids is 3. The van der Waals surface area contributed by atoms with Gasteiger partial charge in [-0.3, -0.25) is 25.2 Å². The van der Waals surface area contributed by atoms with Gasteiger partial charge in [0.15, 0.2) is 0 Å². The number of nitrogens with zero attached hydrogens (tertiary/aromatic N) is 1. The van der Waals surface area contributed by atoms with Gasteiger partial charge in [-0.05, 0) is 35.7 Å². The molecular formula is C24H19ClN4O3S. The van der Waals surface area contributed by atoms with Crippen LogP contribution in [0.4, 0.5) is 0 Å². The van der Waals surface area contributed by atoms with Gasteiger partial charge in [-0.1, -0.05) is 48.0 Å². The Morgan fingerprint density at radius 1 is 0.909 bits per heavy atom. The summed E-state index contributed by atoms with van der Waals surface area (Å²) in [4.78, 5) is 42.2. The molecule has 33 heavy (non-hydrogen) atoms. The van der Waals surface area contributed by atoms with Crippen LogP contribution in [-0.2, 0) is 4.79 Å². The summed E-state index contributed by atoms with van der Waals surface area (Å²) in [6, 6.07) is 19.6. The molecule has 0 saturated heterocycles. The van der Waals surface area contributed by atoms with Gasteiger partial charge in [0.25, 0.3) is 11.8 Å². The number of fused-ring (bicyclic) bond motifs is 1. The maximum absolute atomic E-state index is 12.9. The lowest BCUT2D eigenvalue weighted by Gasteiger charge is -2.12. The number of pyridine rings is 1. The van der Waals surface area contributed by atoms with Gasteiger partial charge in [-0.25, -0.2) is 4.98 Å². The second-order valence-corrected chi connectivity index (χ2v) is 8.45. The highest BCUT2D eigenvalue weighted by atomic mass is 35.5. The van der Waals surface area contributed by atoms with Gasteiger partial charge in [-0.15, -0.1) is 11.3 Å². The SMILES string of the molecule is O=C(CCNC(=O)c1cccs1)NNC(=O)c1cc(-c2ccc(Cl)cc2)nc2ccccc12. The molecule has 3 amide bonds. The van der Waals surface area contributed by atoms with Crippen molar-refractivity contribution in [2.75, 3.05) is 6.54 Å². The Hall–Kier alpha value is -3.75. The minimum atomic E-state index is -0.472. The van der Waals surface area contributed by atoms with Crippen molar-refractivity contribution in [1.82, 2.24) is 21.2 Å². The third-order valence-corrected chi connectivity index (χ3v) is 5.92. The molecule has 4 aromatic rings. The zero-order chi connectivity index (χ0) is 23.2. The van der Waals surface area contributed by atoms with Crippen molar-refractivity contribution in [3.8, 4) is 11.3 Å². The van der Waals surface area contributed by atoms with Crippen LogP contribution >= 0.6 is 22.9 Å². The maximum Gasteiger partial charge on any atom is 0.270 e. The molecule has 0 atom stereocenters. The molecule has 0 aliphatic heterocycles. The topological polar surface area (TPSA) is 100 Å². The number of rotatable bonds is 6. The number of hydrogen-bond donors (Lipinski definition) is 3. The number of hydrazine groups is 1. The first kappa shape index (κ1) is 22.4. The number of benzene rings is 2. The predicted octanol–water partition coefficient (Wildman–Crippen LogP) is 4.20. The number of aromatic nitrogens is 1. The molecular weight excluding hydrogens is 460 g/mol. The summed E-state index contributed by atoms with van der Waals surface area (Å²) in [5.74, 6) is -1.13. The molecule has 0 radical (unpaired) electrons. The van der Waals surface area contributed by atoms with Crippen molar-refractivity contribution in [3.63, 3.8) is 0 Å². The first-order chi connectivity index (χ1) is 16.0. The van der Waals surface area contributed by atoms with E-state index in [1.165, 1.54) is 11.3 Å². The first-order valence-corrected chi connectivity index (χ1v) is 11.3. The molecule has 2 aromatic carbocycles. The molecule has 2 heterocycles. The van der Waals surface area contributed by atoms with Crippen LogP contribution in [0.3, 0.4) is 0 Å². The predicted molar refractivity (Wildman–Crippen MR) is 129 cm³/mol. The van der Waals surface area contributed by atoms with Crippen LogP contribution in [-0.4, -0.2) is 29.3 Å². The Morgan fingerprint density at radius 2 is 1.70 bits per heavy atom. The van der Waals surface area contributed by atoms with E-state index < -0.39 is 11.8 Å². The fourth-order valence-electron chi connectivity index (χ4n) is 3.17. The summed E-state index contributed by atoms with van der Waals surface area (Å²) in [6.45, 7) is 0.150. The molecule has 0 fully saturated rings. The smallest absolute Gasteiger partial charge is 0.270 e. The lowest BCUT2D eigenvalue weighted by molar-refractivity contribution is -0.121. The molecule has 0 unspecified atom stereocenters. The second-order valence-electron chi connectivity index (χ2n) is 7.06. The van der Waals surface area contributed by atoms with Gasteiger partial charge >= 0.3 is 0 Å². The molecule has 0 bridgehead atoms. The summed E-state index contributed by atoms with van der Waals surface area (Å²) in [5.41, 5.74) is 7.28. The first-order valence-electron chi connectivity index (χ1n) is 10.1. The van der Waals surface area contributed by atoms with Crippen LogP contribution in [0.1, 0.15) is 26.5 Å². The zero-order valence-electron chi connectivity index (χ0n) is 17.3. The van der Waals surface area contributed by atoms with Crippen LogP contribution in [0.15, 0.2) is 72.1 Å². The van der Waals surface area contributed by atoms with Crippen molar-refractivity contribution in [2.24, 2.45) is 0 Å². The van der Waals surface area contributed by atoms with Crippen LogP contribution in [0, 0.1) is 0 Å². The standard InChI is InChI=1S/C24H19ClN4O3S/c25-16-9-7-15(8-10-16)20-14-18(17-4-1-2-5-19(17)27-20)23(31)29-28-22(30)11-12-26-24(32)21-6-3-13-33-21/h1-10,13-14H,11-12H2,(H,26,32)(H,28,30)(H,29,31). The van der Waals surface area contributed by atoms with Crippen molar-refractivity contribution in [1.29, 1.82) is 0 Å². The maximum atomic E-state index is 12.9. The molecule has 0 saturated carbocycles. The third-order valence-electron chi connectivity index (χ3n) is 4.80. The number of carbonyl (C=O) groups is 3. The van der Waals surface area contributed by atoms with Crippen LogP contribution in [0.5, 0.6) is 0 Å². The fraction of sp³-hybridized carbons (Fsp3) is 0.0833. The lowest BCUT2D eigenvalue weighted by Crippen LogP contribution is -2.42. The van der Waals surface area contributed by atoms with E-state index in [1.807, 2.05) is 30.3 Å². The highest BCUT2D eigenvalue weighted by Gasteiger charge is 2.15. The quantitative estimate of drug-likeness (QED) is 0.361. The van der Waals surface area contributed by atoms with Gasteiger partial charge in [0, 0.05) is 28.9 Å². The van der Waals surface area contributed by atoms with Gasteiger partial charge in [-0.2, -0.15) is 0 Å².